The Labute approximate surface area is 157 Å². The Morgan fingerprint density at radius 2 is 2.00 bits per heavy atom. The molecule has 3 rings (SSSR count). The highest BCUT2D eigenvalue weighted by Gasteiger charge is 2.13. The monoisotopic (exact) mass is 365 g/mol. The third-order valence-corrected chi connectivity index (χ3v) is 4.44. The van der Waals surface area contributed by atoms with Crippen molar-refractivity contribution in [1.29, 1.82) is 0 Å². The molecule has 1 aromatic heterocycles. The molecule has 140 valence electrons. The van der Waals surface area contributed by atoms with E-state index in [1.165, 1.54) is 0 Å². The van der Waals surface area contributed by atoms with Crippen LogP contribution in [-0.4, -0.2) is 20.6 Å². The fourth-order valence-electron chi connectivity index (χ4n) is 3.07. The molecule has 0 saturated carbocycles. The molecule has 0 radical (unpaired) electrons. The van der Waals surface area contributed by atoms with Gasteiger partial charge in [-0.2, -0.15) is 0 Å². The lowest BCUT2D eigenvalue weighted by Crippen LogP contribution is -1.95. The van der Waals surface area contributed by atoms with Crippen LogP contribution in [0.1, 0.15) is 29.5 Å². The van der Waals surface area contributed by atoms with Gasteiger partial charge in [0.15, 0.2) is 5.75 Å². The molecule has 0 atom stereocenters. The van der Waals surface area contributed by atoms with Crippen LogP contribution in [0.25, 0.3) is 17.1 Å². The third kappa shape index (κ3) is 3.95. The van der Waals surface area contributed by atoms with Crippen molar-refractivity contribution < 1.29 is 14.6 Å². The summed E-state index contributed by atoms with van der Waals surface area (Å²) in [4.78, 5) is 15.0. The second-order valence-electron chi connectivity index (χ2n) is 6.57. The molecule has 0 aliphatic carbocycles. The zero-order chi connectivity index (χ0) is 19.6. The summed E-state index contributed by atoms with van der Waals surface area (Å²) < 4.78 is 8.03. The normalized spacial score (nSPS) is 11.4. The van der Waals surface area contributed by atoms with Crippen molar-refractivity contribution in [2.45, 2.75) is 26.7 Å². The molecular formula is C21H23N3O3. The molecule has 3 aromatic rings. The predicted molar refractivity (Wildman–Crippen MR) is 107 cm³/mol. The lowest BCUT2D eigenvalue weighted by Gasteiger charge is -2.13. The Morgan fingerprint density at radius 3 is 2.67 bits per heavy atom. The van der Waals surface area contributed by atoms with Gasteiger partial charge in [0, 0.05) is 13.5 Å². The van der Waals surface area contributed by atoms with Gasteiger partial charge in [0.25, 0.3) is 0 Å². The van der Waals surface area contributed by atoms with Gasteiger partial charge in [-0.1, -0.05) is 18.2 Å². The number of fused-ring (bicyclic) bond motifs is 1. The van der Waals surface area contributed by atoms with Crippen molar-refractivity contribution in [1.82, 2.24) is 9.55 Å². The van der Waals surface area contributed by atoms with Gasteiger partial charge in [0.1, 0.15) is 11.3 Å². The van der Waals surface area contributed by atoms with Gasteiger partial charge in [-0.3, -0.25) is 4.79 Å². The number of nitrogen functional groups attached to an aromatic ring is 1. The number of hydrogen-bond donors (Lipinski definition) is 2. The van der Waals surface area contributed by atoms with E-state index in [4.69, 9.17) is 15.6 Å². The van der Waals surface area contributed by atoms with E-state index >= 15 is 0 Å². The molecule has 27 heavy (non-hydrogen) atoms. The lowest BCUT2D eigenvalue weighted by atomic mass is 10.0. The van der Waals surface area contributed by atoms with E-state index < -0.39 is 5.97 Å². The van der Waals surface area contributed by atoms with Gasteiger partial charge < -0.3 is 20.1 Å². The van der Waals surface area contributed by atoms with Gasteiger partial charge in [-0.25, -0.2) is 4.98 Å². The fourth-order valence-corrected chi connectivity index (χ4v) is 3.07. The van der Waals surface area contributed by atoms with Crippen LogP contribution in [0.4, 0.5) is 5.95 Å². The molecular weight excluding hydrogens is 342 g/mol. The van der Waals surface area contributed by atoms with E-state index in [1.807, 2.05) is 67.9 Å². The quantitative estimate of drug-likeness (QED) is 0.674. The summed E-state index contributed by atoms with van der Waals surface area (Å²) in [5.41, 5.74) is 10.6. The zero-order valence-electron chi connectivity index (χ0n) is 15.7. The molecule has 1 heterocycles. The maximum Gasteiger partial charge on any atom is 0.303 e. The number of imidazole rings is 1. The first kappa shape index (κ1) is 18.5. The number of carbonyl (C=O) groups is 1. The molecule has 6 nitrogen and oxygen atoms in total. The van der Waals surface area contributed by atoms with Crippen LogP contribution >= 0.6 is 0 Å². The summed E-state index contributed by atoms with van der Waals surface area (Å²) in [7, 11) is 1.87. The molecule has 0 aliphatic rings. The Bertz CT molecular complexity index is 1010. The molecule has 0 fully saturated rings. The smallest absolute Gasteiger partial charge is 0.303 e. The summed E-state index contributed by atoms with van der Waals surface area (Å²) >= 11 is 0. The molecule has 0 unspecified atom stereocenters. The van der Waals surface area contributed by atoms with Gasteiger partial charge >= 0.3 is 5.97 Å². The summed E-state index contributed by atoms with van der Waals surface area (Å²) in [5.74, 6) is 1.10. The number of aliphatic carboxylic acids is 1. The number of nitrogens with zero attached hydrogens (tertiary/aromatic N) is 2. The first-order valence-electron chi connectivity index (χ1n) is 8.75. The van der Waals surface area contributed by atoms with Crippen molar-refractivity contribution in [2.75, 3.05) is 5.73 Å². The van der Waals surface area contributed by atoms with Crippen molar-refractivity contribution in [3.8, 4) is 11.5 Å². The first-order valence-corrected chi connectivity index (χ1v) is 8.75. The summed E-state index contributed by atoms with van der Waals surface area (Å²) in [6.07, 6.45) is 4.45. The molecule has 3 N–H and O–H groups in total. The van der Waals surface area contributed by atoms with E-state index in [0.717, 1.165) is 33.5 Å². The summed E-state index contributed by atoms with van der Waals surface area (Å²) in [6, 6.07) is 9.80. The number of carboxylic acids is 1. The fraction of sp³-hybridized carbons (Fsp3) is 0.238. The highest BCUT2D eigenvalue weighted by molar-refractivity contribution is 5.84. The van der Waals surface area contributed by atoms with Crippen LogP contribution in [0, 0.1) is 13.8 Å². The van der Waals surface area contributed by atoms with Crippen LogP contribution in [0.15, 0.2) is 36.4 Å². The number of aryl methyl sites for hydroxylation is 3. The van der Waals surface area contributed by atoms with Crippen molar-refractivity contribution in [3.05, 3.63) is 53.1 Å². The van der Waals surface area contributed by atoms with E-state index in [0.29, 0.717) is 18.1 Å². The summed E-state index contributed by atoms with van der Waals surface area (Å²) in [5, 5.41) is 8.70. The van der Waals surface area contributed by atoms with Crippen LogP contribution in [0.3, 0.4) is 0 Å². The molecule has 0 bridgehead atoms. The minimum Gasteiger partial charge on any atom is -0.481 e. The predicted octanol–water partition coefficient (Wildman–Crippen LogP) is 4.44. The zero-order valence-corrected chi connectivity index (χ0v) is 15.7. The molecule has 2 aromatic carbocycles. The standard InChI is InChI=1S/C21H23N3O3/c1-13-11-15(7-4-5-10-18(25)26)12-14(2)20(13)27-17-9-6-8-16-19(17)23-21(22)24(16)3/h4,6-9,11-12H,5,10H2,1-3H3,(H2,22,23)(H,25,26)/b7-4+. The number of anilines is 1. The minimum absolute atomic E-state index is 0.132. The Kier molecular flexibility index (Phi) is 5.16. The molecule has 0 spiro atoms. The van der Waals surface area contributed by atoms with E-state index in [-0.39, 0.29) is 6.42 Å². The van der Waals surface area contributed by atoms with Gasteiger partial charge in [0.2, 0.25) is 5.95 Å². The van der Waals surface area contributed by atoms with Gasteiger partial charge in [-0.15, -0.1) is 0 Å². The molecule has 0 saturated heterocycles. The number of rotatable bonds is 6. The maximum atomic E-state index is 10.6. The van der Waals surface area contributed by atoms with Crippen LogP contribution < -0.4 is 10.5 Å². The van der Waals surface area contributed by atoms with Crippen molar-refractivity contribution in [3.63, 3.8) is 0 Å². The Hall–Kier alpha value is -3.28. The largest absolute Gasteiger partial charge is 0.481 e. The number of hydrogen-bond acceptors (Lipinski definition) is 4. The van der Waals surface area contributed by atoms with Crippen LogP contribution in [0.2, 0.25) is 0 Å². The number of nitrogens with two attached hydrogens (primary N) is 1. The molecule has 6 heteroatoms. The number of carboxylic acid groups (broad SMARTS) is 1. The molecule has 0 amide bonds. The SMILES string of the molecule is Cc1cc(/C=C/CCC(=O)O)cc(C)c1Oc1cccc2c1nc(N)n2C. The number of aromatic nitrogens is 2. The van der Waals surface area contributed by atoms with E-state index in [1.54, 1.807) is 0 Å². The summed E-state index contributed by atoms with van der Waals surface area (Å²) in [6.45, 7) is 3.98. The van der Waals surface area contributed by atoms with Crippen molar-refractivity contribution >= 4 is 29.0 Å². The van der Waals surface area contributed by atoms with Gasteiger partial charge in [-0.05, 0) is 61.2 Å². The average molecular weight is 365 g/mol. The first-order chi connectivity index (χ1) is 12.9. The number of benzene rings is 2. The Morgan fingerprint density at radius 1 is 1.30 bits per heavy atom. The number of allylic oxidation sites excluding steroid dienone is 1. The van der Waals surface area contributed by atoms with E-state index in [2.05, 4.69) is 4.98 Å². The highest BCUT2D eigenvalue weighted by Crippen LogP contribution is 2.34. The second-order valence-corrected chi connectivity index (χ2v) is 6.57. The van der Waals surface area contributed by atoms with Crippen molar-refractivity contribution in [2.24, 2.45) is 7.05 Å². The highest BCUT2D eigenvalue weighted by atomic mass is 16.5. The number of para-hydroxylation sites is 1. The van der Waals surface area contributed by atoms with Gasteiger partial charge in [0.05, 0.1) is 5.52 Å². The maximum absolute atomic E-state index is 10.6. The van der Waals surface area contributed by atoms with Crippen LogP contribution in [-0.2, 0) is 11.8 Å². The minimum atomic E-state index is -0.792. The van der Waals surface area contributed by atoms with E-state index in [9.17, 15) is 4.79 Å². The Balaban J connectivity index is 1.88. The second kappa shape index (κ2) is 7.53. The molecule has 0 aliphatic heterocycles. The van der Waals surface area contributed by atoms with Crippen LogP contribution in [0.5, 0.6) is 11.5 Å². The lowest BCUT2D eigenvalue weighted by molar-refractivity contribution is -0.136. The third-order valence-electron chi connectivity index (χ3n) is 4.44. The topological polar surface area (TPSA) is 90.4 Å². The number of ether oxygens (including phenoxy) is 1. The average Bonchev–Trinajstić information content (AvgIpc) is 2.90.